The van der Waals surface area contributed by atoms with Gasteiger partial charge in [-0.05, 0) is 24.3 Å². The number of benzene rings is 2. The maximum Gasteiger partial charge on any atom is 0.260 e. The Balaban J connectivity index is 2.12. The molecule has 0 aliphatic heterocycles. The lowest BCUT2D eigenvalue weighted by molar-refractivity contribution is 0.0626. The largest absolute Gasteiger partial charge is 0.330 e. The molecule has 2 aromatic carbocycles. The molecule has 126 valence electrons. The molecule has 0 spiro atoms. The fraction of sp³-hybridized carbons (Fsp3) is 0.222. The van der Waals surface area contributed by atoms with E-state index in [9.17, 15) is 9.59 Å². The summed E-state index contributed by atoms with van der Waals surface area (Å²) in [4.78, 5) is 26.8. The monoisotopic (exact) mass is 360 g/mol. The number of carbonyl (C=O) groups is 2. The Hall–Kier alpha value is -1.76. The van der Waals surface area contributed by atoms with Crippen LogP contribution in [0.25, 0.3) is 0 Å². The zero-order valence-corrected chi connectivity index (χ0v) is 14.9. The fourth-order valence-electron chi connectivity index (χ4n) is 2.06. The standard InChI is InChI=1S/C18H20N2O2S2/c19-11-13-23-24-14-12-20(17(21)15-7-3-1-4-8-15)18(22)16-9-5-2-6-10-16/h1-10H,11-14,19H2. The Bertz CT molecular complexity index is 599. The summed E-state index contributed by atoms with van der Waals surface area (Å²) in [6.45, 7) is 0.983. The van der Waals surface area contributed by atoms with Gasteiger partial charge in [-0.25, -0.2) is 0 Å². The third-order valence-electron chi connectivity index (χ3n) is 3.21. The molecular weight excluding hydrogens is 340 g/mol. The zero-order valence-electron chi connectivity index (χ0n) is 13.3. The number of nitrogens with two attached hydrogens (primary N) is 1. The molecule has 0 unspecified atom stereocenters. The highest BCUT2D eigenvalue weighted by Gasteiger charge is 2.23. The van der Waals surface area contributed by atoms with Gasteiger partial charge in [0.05, 0.1) is 0 Å². The van der Waals surface area contributed by atoms with Gasteiger partial charge in [0.15, 0.2) is 0 Å². The van der Waals surface area contributed by atoms with Crippen molar-refractivity contribution in [3.63, 3.8) is 0 Å². The predicted octanol–water partition coefficient (Wildman–Crippen LogP) is 3.31. The highest BCUT2D eigenvalue weighted by molar-refractivity contribution is 8.76. The van der Waals surface area contributed by atoms with Crippen molar-refractivity contribution in [2.75, 3.05) is 24.6 Å². The van der Waals surface area contributed by atoms with E-state index in [1.807, 2.05) is 12.1 Å². The molecule has 0 aromatic heterocycles. The second kappa shape index (κ2) is 10.2. The lowest BCUT2D eigenvalue weighted by Gasteiger charge is -2.21. The SMILES string of the molecule is NCCSSCCN(C(=O)c1ccccc1)C(=O)c1ccccc1. The lowest BCUT2D eigenvalue weighted by Crippen LogP contribution is -2.38. The van der Waals surface area contributed by atoms with Crippen LogP contribution in [0, 0.1) is 0 Å². The minimum Gasteiger partial charge on any atom is -0.330 e. The van der Waals surface area contributed by atoms with Gasteiger partial charge in [0.2, 0.25) is 0 Å². The molecule has 0 aliphatic rings. The van der Waals surface area contributed by atoms with Crippen LogP contribution in [-0.2, 0) is 0 Å². The Morgan fingerprint density at radius 1 is 0.792 bits per heavy atom. The van der Waals surface area contributed by atoms with Gasteiger partial charge in [0, 0.05) is 35.7 Å². The summed E-state index contributed by atoms with van der Waals surface area (Å²) >= 11 is 0. The van der Waals surface area contributed by atoms with E-state index < -0.39 is 0 Å². The van der Waals surface area contributed by atoms with Gasteiger partial charge < -0.3 is 5.73 Å². The van der Waals surface area contributed by atoms with E-state index in [2.05, 4.69) is 0 Å². The van der Waals surface area contributed by atoms with Crippen LogP contribution in [0.4, 0.5) is 0 Å². The molecule has 2 aromatic rings. The average Bonchev–Trinajstić information content (AvgIpc) is 2.65. The molecule has 0 atom stereocenters. The predicted molar refractivity (Wildman–Crippen MR) is 102 cm³/mol. The van der Waals surface area contributed by atoms with Crippen LogP contribution in [-0.4, -0.2) is 41.3 Å². The van der Waals surface area contributed by atoms with Gasteiger partial charge in [0.25, 0.3) is 11.8 Å². The number of amides is 2. The number of rotatable bonds is 8. The Morgan fingerprint density at radius 3 is 1.71 bits per heavy atom. The lowest BCUT2D eigenvalue weighted by atomic mass is 10.1. The first-order chi connectivity index (χ1) is 11.7. The molecule has 2 rings (SSSR count). The normalized spacial score (nSPS) is 10.4. The van der Waals surface area contributed by atoms with Crippen molar-refractivity contribution in [3.05, 3.63) is 71.8 Å². The molecule has 0 radical (unpaired) electrons. The highest BCUT2D eigenvalue weighted by Crippen LogP contribution is 2.21. The van der Waals surface area contributed by atoms with Crippen LogP contribution in [0.1, 0.15) is 20.7 Å². The maximum absolute atomic E-state index is 12.7. The minimum absolute atomic E-state index is 0.270. The van der Waals surface area contributed by atoms with Crippen LogP contribution in [0.5, 0.6) is 0 Å². The van der Waals surface area contributed by atoms with Gasteiger partial charge in [-0.15, -0.1) is 0 Å². The Morgan fingerprint density at radius 2 is 1.25 bits per heavy atom. The summed E-state index contributed by atoms with van der Waals surface area (Å²) in [5, 5.41) is 0. The Kier molecular flexibility index (Phi) is 7.88. The molecule has 6 heteroatoms. The molecule has 0 heterocycles. The smallest absolute Gasteiger partial charge is 0.260 e. The summed E-state index contributed by atoms with van der Waals surface area (Å²) < 4.78 is 0. The third-order valence-corrected chi connectivity index (χ3v) is 5.63. The van der Waals surface area contributed by atoms with E-state index in [1.54, 1.807) is 70.1 Å². The van der Waals surface area contributed by atoms with E-state index in [-0.39, 0.29) is 11.8 Å². The van der Waals surface area contributed by atoms with E-state index in [0.717, 1.165) is 5.75 Å². The summed E-state index contributed by atoms with van der Waals surface area (Å²) in [6, 6.07) is 17.8. The van der Waals surface area contributed by atoms with Crippen LogP contribution < -0.4 is 5.73 Å². The first-order valence-corrected chi connectivity index (χ1v) is 10.1. The topological polar surface area (TPSA) is 63.4 Å². The third kappa shape index (κ3) is 5.40. The summed E-state index contributed by atoms with van der Waals surface area (Å²) in [5.41, 5.74) is 6.50. The fourth-order valence-corrected chi connectivity index (χ4v) is 3.87. The highest BCUT2D eigenvalue weighted by atomic mass is 33.1. The first kappa shape index (κ1) is 18.6. The van der Waals surface area contributed by atoms with Crippen LogP contribution >= 0.6 is 21.6 Å². The van der Waals surface area contributed by atoms with Crippen molar-refractivity contribution in [2.45, 2.75) is 0 Å². The molecule has 0 saturated carbocycles. The number of carbonyl (C=O) groups excluding carboxylic acids is 2. The van der Waals surface area contributed by atoms with Crippen molar-refractivity contribution in [1.82, 2.24) is 4.90 Å². The van der Waals surface area contributed by atoms with Gasteiger partial charge in [0.1, 0.15) is 0 Å². The number of imide groups is 1. The maximum atomic E-state index is 12.7. The summed E-state index contributed by atoms with van der Waals surface area (Å²) in [6.07, 6.45) is 0. The van der Waals surface area contributed by atoms with Crippen LogP contribution in [0.2, 0.25) is 0 Å². The second-order valence-electron chi connectivity index (χ2n) is 4.93. The Labute approximate surface area is 150 Å². The van der Waals surface area contributed by atoms with Gasteiger partial charge in [-0.3, -0.25) is 14.5 Å². The van der Waals surface area contributed by atoms with Crippen molar-refractivity contribution >= 4 is 33.4 Å². The summed E-state index contributed by atoms with van der Waals surface area (Å²) in [7, 11) is 3.27. The summed E-state index contributed by atoms with van der Waals surface area (Å²) in [5.74, 6) is 0.980. The van der Waals surface area contributed by atoms with Crippen molar-refractivity contribution in [1.29, 1.82) is 0 Å². The molecule has 2 amide bonds. The number of hydrogen-bond donors (Lipinski definition) is 1. The quantitative estimate of drug-likeness (QED) is 0.444. The molecule has 0 aliphatic carbocycles. The van der Waals surface area contributed by atoms with Crippen molar-refractivity contribution in [3.8, 4) is 0 Å². The van der Waals surface area contributed by atoms with E-state index in [4.69, 9.17) is 5.73 Å². The van der Waals surface area contributed by atoms with Crippen molar-refractivity contribution in [2.24, 2.45) is 5.73 Å². The number of hydrogen-bond acceptors (Lipinski definition) is 5. The zero-order chi connectivity index (χ0) is 17.2. The van der Waals surface area contributed by atoms with E-state index in [0.29, 0.717) is 30.0 Å². The molecule has 24 heavy (non-hydrogen) atoms. The number of nitrogens with zero attached hydrogens (tertiary/aromatic N) is 1. The van der Waals surface area contributed by atoms with Gasteiger partial charge in [-0.2, -0.15) is 0 Å². The van der Waals surface area contributed by atoms with Gasteiger partial charge >= 0.3 is 0 Å². The molecule has 2 N–H and O–H groups in total. The molecule has 0 bridgehead atoms. The van der Waals surface area contributed by atoms with Crippen molar-refractivity contribution < 1.29 is 9.59 Å². The van der Waals surface area contributed by atoms with Crippen LogP contribution in [0.15, 0.2) is 60.7 Å². The molecule has 4 nitrogen and oxygen atoms in total. The van der Waals surface area contributed by atoms with Crippen LogP contribution in [0.3, 0.4) is 0 Å². The average molecular weight is 361 g/mol. The van der Waals surface area contributed by atoms with Gasteiger partial charge in [-0.1, -0.05) is 58.0 Å². The first-order valence-electron chi connectivity index (χ1n) is 7.65. The molecule has 0 saturated heterocycles. The minimum atomic E-state index is -0.270. The molecule has 0 fully saturated rings. The molecular formula is C18H20N2O2S2. The van der Waals surface area contributed by atoms with E-state index in [1.165, 1.54) is 4.90 Å². The second-order valence-corrected chi connectivity index (χ2v) is 7.63. The van der Waals surface area contributed by atoms with E-state index >= 15 is 0 Å².